The molecule has 0 aliphatic rings. The molecule has 0 spiro atoms. The Hall–Kier alpha value is -1.50. The molecule has 0 radical (unpaired) electrons. The van der Waals surface area contributed by atoms with Gasteiger partial charge in [0.05, 0.1) is 16.7 Å². The number of alkyl halides is 1. The largest absolute Gasteiger partial charge is 0.487 e. The van der Waals surface area contributed by atoms with Gasteiger partial charge in [0.1, 0.15) is 12.4 Å². The van der Waals surface area contributed by atoms with Crippen molar-refractivity contribution in [3.05, 3.63) is 64.2 Å². The van der Waals surface area contributed by atoms with Crippen LogP contribution in [0.2, 0.25) is 5.02 Å². The summed E-state index contributed by atoms with van der Waals surface area (Å²) in [5, 5.41) is 10.1. The highest BCUT2D eigenvalue weighted by molar-refractivity contribution is 9.08. The van der Waals surface area contributed by atoms with E-state index in [1.165, 1.54) is 0 Å². The van der Waals surface area contributed by atoms with Gasteiger partial charge in [-0.3, -0.25) is 0 Å². The van der Waals surface area contributed by atoms with Crippen LogP contribution in [0.4, 0.5) is 0 Å². The van der Waals surface area contributed by atoms with Gasteiger partial charge in [-0.2, -0.15) is 5.26 Å². The van der Waals surface area contributed by atoms with Gasteiger partial charge < -0.3 is 4.74 Å². The molecule has 19 heavy (non-hydrogen) atoms. The Morgan fingerprint density at radius 2 is 2.00 bits per heavy atom. The van der Waals surface area contributed by atoms with E-state index in [2.05, 4.69) is 22.0 Å². The van der Waals surface area contributed by atoms with Gasteiger partial charge in [-0.05, 0) is 23.8 Å². The molecule has 0 heterocycles. The number of hydrogen-bond acceptors (Lipinski definition) is 2. The van der Waals surface area contributed by atoms with Crippen molar-refractivity contribution in [2.24, 2.45) is 0 Å². The summed E-state index contributed by atoms with van der Waals surface area (Å²) in [4.78, 5) is 0. The van der Waals surface area contributed by atoms with Crippen molar-refractivity contribution < 1.29 is 4.74 Å². The Morgan fingerprint density at radius 3 is 2.74 bits per heavy atom. The average molecular weight is 337 g/mol. The summed E-state index contributed by atoms with van der Waals surface area (Å²) in [6.07, 6.45) is 0. The predicted molar refractivity (Wildman–Crippen MR) is 79.6 cm³/mol. The number of halogens is 2. The molecule has 0 saturated carbocycles. The van der Waals surface area contributed by atoms with Crippen LogP contribution in [0.25, 0.3) is 0 Å². The summed E-state index contributed by atoms with van der Waals surface area (Å²) in [5.74, 6) is 0.684. The lowest BCUT2D eigenvalue weighted by molar-refractivity contribution is 0.304. The van der Waals surface area contributed by atoms with Crippen LogP contribution in [0.3, 0.4) is 0 Å². The molecule has 2 aromatic rings. The first kappa shape index (κ1) is 13.9. The van der Waals surface area contributed by atoms with Gasteiger partial charge in [0.15, 0.2) is 0 Å². The third-order valence-corrected chi connectivity index (χ3v) is 3.53. The van der Waals surface area contributed by atoms with Crippen LogP contribution < -0.4 is 4.74 Å². The molecule has 0 atom stereocenters. The van der Waals surface area contributed by atoms with Crippen molar-refractivity contribution in [2.75, 3.05) is 0 Å². The molecular formula is C15H11BrClNO. The third-order valence-electron chi connectivity index (χ3n) is 2.63. The molecule has 0 amide bonds. The van der Waals surface area contributed by atoms with Gasteiger partial charge >= 0.3 is 0 Å². The molecule has 0 aliphatic carbocycles. The van der Waals surface area contributed by atoms with E-state index >= 15 is 0 Å². The number of para-hydroxylation sites is 1. The number of rotatable bonds is 4. The highest BCUT2D eigenvalue weighted by Crippen LogP contribution is 2.30. The van der Waals surface area contributed by atoms with Gasteiger partial charge in [0.2, 0.25) is 0 Å². The minimum atomic E-state index is 0.388. The maximum absolute atomic E-state index is 8.86. The van der Waals surface area contributed by atoms with Crippen molar-refractivity contribution in [1.29, 1.82) is 5.26 Å². The zero-order chi connectivity index (χ0) is 13.7. The molecule has 0 fully saturated rings. The Balaban J connectivity index is 2.17. The highest BCUT2D eigenvalue weighted by atomic mass is 79.9. The first-order chi connectivity index (χ1) is 9.24. The smallest absolute Gasteiger partial charge is 0.142 e. The molecule has 2 nitrogen and oxygen atoms in total. The number of ether oxygens (including phenoxy) is 1. The first-order valence-electron chi connectivity index (χ1n) is 5.70. The molecule has 4 heteroatoms. The van der Waals surface area contributed by atoms with Crippen LogP contribution in [-0.2, 0) is 11.9 Å². The molecule has 2 aromatic carbocycles. The lowest BCUT2D eigenvalue weighted by Gasteiger charge is -2.11. The zero-order valence-corrected chi connectivity index (χ0v) is 12.4. The van der Waals surface area contributed by atoms with Crippen molar-refractivity contribution in [3.8, 4) is 11.8 Å². The molecule has 96 valence electrons. The van der Waals surface area contributed by atoms with E-state index < -0.39 is 0 Å². The summed E-state index contributed by atoms with van der Waals surface area (Å²) >= 11 is 9.54. The molecule has 0 saturated heterocycles. The Morgan fingerprint density at radius 1 is 1.21 bits per heavy atom. The minimum absolute atomic E-state index is 0.388. The Bertz CT molecular complexity index is 622. The number of benzene rings is 2. The van der Waals surface area contributed by atoms with Gasteiger partial charge in [-0.25, -0.2) is 0 Å². The van der Waals surface area contributed by atoms with E-state index in [9.17, 15) is 0 Å². The van der Waals surface area contributed by atoms with E-state index in [4.69, 9.17) is 21.6 Å². The lowest BCUT2D eigenvalue weighted by atomic mass is 10.1. The van der Waals surface area contributed by atoms with E-state index in [1.807, 2.05) is 30.3 Å². The summed E-state index contributed by atoms with van der Waals surface area (Å²) in [7, 11) is 0. The maximum atomic E-state index is 8.86. The third kappa shape index (κ3) is 3.50. The zero-order valence-electron chi connectivity index (χ0n) is 10.1. The van der Waals surface area contributed by atoms with Crippen LogP contribution >= 0.6 is 27.5 Å². The quantitative estimate of drug-likeness (QED) is 0.759. The van der Waals surface area contributed by atoms with Crippen LogP contribution in [0.5, 0.6) is 5.75 Å². The van der Waals surface area contributed by atoms with Crippen molar-refractivity contribution in [1.82, 2.24) is 0 Å². The molecule has 0 aliphatic heterocycles. The Kier molecular flexibility index (Phi) is 4.84. The van der Waals surface area contributed by atoms with Crippen molar-refractivity contribution in [3.63, 3.8) is 0 Å². The van der Waals surface area contributed by atoms with Crippen molar-refractivity contribution >= 4 is 27.5 Å². The highest BCUT2D eigenvalue weighted by Gasteiger charge is 2.07. The van der Waals surface area contributed by atoms with Crippen LogP contribution in [0.1, 0.15) is 16.7 Å². The van der Waals surface area contributed by atoms with Crippen molar-refractivity contribution in [2.45, 2.75) is 11.9 Å². The molecule has 0 aromatic heterocycles. The first-order valence-corrected chi connectivity index (χ1v) is 7.19. The summed E-state index contributed by atoms with van der Waals surface area (Å²) < 4.78 is 5.77. The monoisotopic (exact) mass is 335 g/mol. The van der Waals surface area contributed by atoms with E-state index in [1.54, 1.807) is 12.1 Å². The van der Waals surface area contributed by atoms with Gasteiger partial charge in [-0.1, -0.05) is 51.8 Å². The number of hydrogen-bond donors (Lipinski definition) is 0. The standard InChI is InChI=1S/C15H11BrClNO/c16-8-13-5-2-6-14(17)15(13)19-10-12-4-1-3-11(7-12)9-18/h1-7H,8,10H2. The fourth-order valence-corrected chi connectivity index (χ4v) is 2.40. The lowest BCUT2D eigenvalue weighted by Crippen LogP contribution is -1.99. The van der Waals surface area contributed by atoms with Gasteiger partial charge in [0, 0.05) is 10.9 Å². The summed E-state index contributed by atoms with van der Waals surface area (Å²) in [5.41, 5.74) is 2.57. The van der Waals surface area contributed by atoms with Crippen LogP contribution in [0, 0.1) is 11.3 Å². The maximum Gasteiger partial charge on any atom is 0.142 e. The second-order valence-electron chi connectivity index (χ2n) is 3.96. The normalized spacial score (nSPS) is 9.95. The summed E-state index contributed by atoms with van der Waals surface area (Å²) in [6.45, 7) is 0.388. The predicted octanol–water partition coefficient (Wildman–Crippen LogP) is 4.69. The topological polar surface area (TPSA) is 33.0 Å². The fraction of sp³-hybridized carbons (Fsp3) is 0.133. The minimum Gasteiger partial charge on any atom is -0.487 e. The van der Waals surface area contributed by atoms with Gasteiger partial charge in [0.25, 0.3) is 0 Å². The van der Waals surface area contributed by atoms with Crippen LogP contribution in [0.15, 0.2) is 42.5 Å². The number of nitrogens with zero attached hydrogens (tertiary/aromatic N) is 1. The van der Waals surface area contributed by atoms with Gasteiger partial charge in [-0.15, -0.1) is 0 Å². The SMILES string of the molecule is N#Cc1cccc(COc2c(Cl)cccc2CBr)c1. The van der Waals surface area contributed by atoms with E-state index in [0.717, 1.165) is 11.1 Å². The fourth-order valence-electron chi connectivity index (χ4n) is 1.71. The molecule has 2 rings (SSSR count). The van der Waals surface area contributed by atoms with E-state index in [-0.39, 0.29) is 0 Å². The molecular weight excluding hydrogens is 326 g/mol. The molecule has 0 bridgehead atoms. The molecule has 0 N–H and O–H groups in total. The number of nitriles is 1. The molecule has 0 unspecified atom stereocenters. The Labute approximate surface area is 125 Å². The second-order valence-corrected chi connectivity index (χ2v) is 4.93. The van der Waals surface area contributed by atoms with Crippen LogP contribution in [-0.4, -0.2) is 0 Å². The second kappa shape index (κ2) is 6.60. The average Bonchev–Trinajstić information content (AvgIpc) is 2.46. The van der Waals surface area contributed by atoms with E-state index in [0.29, 0.717) is 28.3 Å². The summed E-state index contributed by atoms with van der Waals surface area (Å²) in [6, 6.07) is 15.1.